The fraction of sp³-hybridized carbons (Fsp3) is 0.0769. The van der Waals surface area contributed by atoms with Gasteiger partial charge in [-0.3, -0.25) is 0 Å². The average Bonchev–Trinajstić information content (AvgIpc) is 2.29. The number of hydrogen-bond donors (Lipinski definition) is 0. The van der Waals surface area contributed by atoms with E-state index in [1.165, 1.54) is 30.3 Å². The number of benzene rings is 2. The first-order valence-electron chi connectivity index (χ1n) is 4.81. The van der Waals surface area contributed by atoms with Gasteiger partial charge in [0.25, 0.3) is 0 Å². The van der Waals surface area contributed by atoms with Gasteiger partial charge < -0.3 is 0 Å². The van der Waals surface area contributed by atoms with Crippen molar-refractivity contribution in [1.82, 2.24) is 0 Å². The van der Waals surface area contributed by atoms with E-state index < -0.39 is 17.6 Å². The summed E-state index contributed by atoms with van der Waals surface area (Å²) in [7, 11) is 0. The van der Waals surface area contributed by atoms with Gasteiger partial charge >= 0.3 is 6.18 Å². The van der Waals surface area contributed by atoms with Crippen molar-refractivity contribution in [2.24, 2.45) is 0 Å². The molecular weight excluding hydrogens is 232 g/mol. The molecule has 0 atom stereocenters. The Morgan fingerprint density at radius 2 is 1.53 bits per heavy atom. The molecule has 0 nitrogen and oxygen atoms in total. The van der Waals surface area contributed by atoms with Crippen LogP contribution in [0.3, 0.4) is 0 Å². The molecular formula is C13H7F4. The molecule has 0 bridgehead atoms. The van der Waals surface area contributed by atoms with Crippen molar-refractivity contribution in [3.8, 4) is 11.1 Å². The van der Waals surface area contributed by atoms with Gasteiger partial charge in [-0.05, 0) is 47.5 Å². The van der Waals surface area contributed by atoms with E-state index in [1.807, 2.05) is 0 Å². The highest BCUT2D eigenvalue weighted by molar-refractivity contribution is 5.64. The molecule has 0 aromatic heterocycles. The maximum absolute atomic E-state index is 12.7. The topological polar surface area (TPSA) is 0 Å². The summed E-state index contributed by atoms with van der Waals surface area (Å²) in [6.07, 6.45) is -4.40. The Morgan fingerprint density at radius 1 is 0.882 bits per heavy atom. The molecule has 2 aromatic carbocycles. The molecule has 0 aliphatic carbocycles. The van der Waals surface area contributed by atoms with Gasteiger partial charge in [-0.2, -0.15) is 13.2 Å². The first-order valence-corrected chi connectivity index (χ1v) is 4.81. The standard InChI is InChI=1S/C13H7F4/c14-12-6-4-9(5-7-12)10-2-1-3-11(8-10)13(15,16)17/h2-8H. The van der Waals surface area contributed by atoms with E-state index in [2.05, 4.69) is 6.07 Å². The minimum Gasteiger partial charge on any atom is -0.207 e. The van der Waals surface area contributed by atoms with Crippen molar-refractivity contribution in [2.75, 3.05) is 0 Å². The summed E-state index contributed by atoms with van der Waals surface area (Å²) in [6.45, 7) is 0. The van der Waals surface area contributed by atoms with Crippen LogP contribution >= 0.6 is 0 Å². The predicted octanol–water partition coefficient (Wildman–Crippen LogP) is 4.31. The summed E-state index contributed by atoms with van der Waals surface area (Å²) in [6, 6.07) is 11.0. The summed E-state index contributed by atoms with van der Waals surface area (Å²) in [5.41, 5.74) is 0.118. The van der Waals surface area contributed by atoms with Gasteiger partial charge in [0.2, 0.25) is 0 Å². The Hall–Kier alpha value is -1.84. The maximum atomic E-state index is 12.7. The van der Waals surface area contributed by atoms with Gasteiger partial charge in [0.05, 0.1) is 5.56 Å². The van der Waals surface area contributed by atoms with Crippen molar-refractivity contribution < 1.29 is 17.6 Å². The van der Waals surface area contributed by atoms with E-state index in [-0.39, 0.29) is 0 Å². The first-order chi connectivity index (χ1) is 7.97. The van der Waals surface area contributed by atoms with Crippen molar-refractivity contribution in [3.05, 3.63) is 59.9 Å². The second kappa shape index (κ2) is 4.20. The number of rotatable bonds is 1. The highest BCUT2D eigenvalue weighted by atomic mass is 19.4. The Balaban J connectivity index is 2.43. The van der Waals surface area contributed by atoms with Crippen LogP contribution in [-0.2, 0) is 6.18 Å². The van der Waals surface area contributed by atoms with Gasteiger partial charge in [0.1, 0.15) is 5.82 Å². The second-order valence-corrected chi connectivity index (χ2v) is 3.52. The van der Waals surface area contributed by atoms with E-state index in [9.17, 15) is 17.6 Å². The summed E-state index contributed by atoms with van der Waals surface area (Å²) >= 11 is 0. The van der Waals surface area contributed by atoms with E-state index in [4.69, 9.17) is 0 Å². The van der Waals surface area contributed by atoms with Crippen LogP contribution in [-0.4, -0.2) is 0 Å². The molecule has 0 saturated heterocycles. The van der Waals surface area contributed by atoms with Crippen molar-refractivity contribution in [3.63, 3.8) is 0 Å². The molecule has 0 heterocycles. The normalized spacial score (nSPS) is 11.5. The SMILES string of the molecule is Fc1ccc(-c2c[c]cc(C(F)(F)F)c2)cc1. The van der Waals surface area contributed by atoms with Gasteiger partial charge in [0, 0.05) is 0 Å². The lowest BCUT2D eigenvalue weighted by molar-refractivity contribution is -0.137. The van der Waals surface area contributed by atoms with Gasteiger partial charge in [-0.15, -0.1) is 0 Å². The molecule has 0 fully saturated rings. The molecule has 0 unspecified atom stereocenters. The van der Waals surface area contributed by atoms with Crippen LogP contribution in [0.5, 0.6) is 0 Å². The minimum atomic E-state index is -4.40. The molecule has 0 amide bonds. The molecule has 4 heteroatoms. The molecule has 0 aliphatic heterocycles. The van der Waals surface area contributed by atoms with Crippen molar-refractivity contribution in [2.45, 2.75) is 6.18 Å². The summed E-state index contributed by atoms with van der Waals surface area (Å²) in [5, 5.41) is 0. The highest BCUT2D eigenvalue weighted by Gasteiger charge is 2.30. The summed E-state index contributed by atoms with van der Waals surface area (Å²) < 4.78 is 50.1. The van der Waals surface area contributed by atoms with Crippen LogP contribution in [0.4, 0.5) is 17.6 Å². The molecule has 0 saturated carbocycles. The van der Waals surface area contributed by atoms with Crippen LogP contribution in [0.25, 0.3) is 11.1 Å². The quantitative estimate of drug-likeness (QED) is 0.650. The van der Waals surface area contributed by atoms with Crippen LogP contribution in [0.15, 0.2) is 42.5 Å². The molecule has 0 N–H and O–H groups in total. The number of alkyl halides is 3. The number of hydrogen-bond acceptors (Lipinski definition) is 0. The Labute approximate surface area is 95.5 Å². The summed E-state index contributed by atoms with van der Waals surface area (Å²) in [4.78, 5) is 0. The van der Waals surface area contributed by atoms with Gasteiger partial charge in [-0.1, -0.05) is 12.1 Å². The smallest absolute Gasteiger partial charge is 0.207 e. The predicted molar refractivity (Wildman–Crippen MR) is 55.7 cm³/mol. The van der Waals surface area contributed by atoms with E-state index >= 15 is 0 Å². The minimum absolute atomic E-state index is 0.361. The van der Waals surface area contributed by atoms with Crippen LogP contribution in [0, 0.1) is 11.9 Å². The molecule has 0 aliphatic rings. The van der Waals surface area contributed by atoms with E-state index in [1.54, 1.807) is 0 Å². The molecule has 17 heavy (non-hydrogen) atoms. The first kappa shape index (κ1) is 11.6. The zero-order chi connectivity index (χ0) is 12.5. The molecule has 1 radical (unpaired) electrons. The largest absolute Gasteiger partial charge is 0.416 e. The lowest BCUT2D eigenvalue weighted by Crippen LogP contribution is -2.04. The van der Waals surface area contributed by atoms with Crippen LogP contribution in [0.1, 0.15) is 5.56 Å². The third-order valence-corrected chi connectivity index (χ3v) is 2.29. The zero-order valence-corrected chi connectivity index (χ0v) is 8.55. The van der Waals surface area contributed by atoms with E-state index in [0.29, 0.717) is 11.1 Å². The van der Waals surface area contributed by atoms with Gasteiger partial charge in [0.15, 0.2) is 0 Å². The Bertz CT molecular complexity index is 512. The number of halogens is 4. The lowest BCUT2D eigenvalue weighted by atomic mass is 10.0. The highest BCUT2D eigenvalue weighted by Crippen LogP contribution is 2.31. The third kappa shape index (κ3) is 2.64. The van der Waals surface area contributed by atoms with Crippen molar-refractivity contribution >= 4 is 0 Å². The Morgan fingerprint density at radius 3 is 2.12 bits per heavy atom. The monoisotopic (exact) mass is 239 g/mol. The lowest BCUT2D eigenvalue weighted by Gasteiger charge is -2.08. The fourth-order valence-electron chi connectivity index (χ4n) is 1.44. The zero-order valence-electron chi connectivity index (χ0n) is 8.55. The molecule has 2 aromatic rings. The van der Waals surface area contributed by atoms with Crippen LogP contribution in [0.2, 0.25) is 0 Å². The third-order valence-electron chi connectivity index (χ3n) is 2.29. The molecule has 0 spiro atoms. The van der Waals surface area contributed by atoms with Crippen LogP contribution < -0.4 is 0 Å². The van der Waals surface area contributed by atoms with E-state index in [0.717, 1.165) is 12.1 Å². The average molecular weight is 239 g/mol. The second-order valence-electron chi connectivity index (χ2n) is 3.52. The maximum Gasteiger partial charge on any atom is 0.416 e. The fourth-order valence-corrected chi connectivity index (χ4v) is 1.44. The van der Waals surface area contributed by atoms with Crippen molar-refractivity contribution in [1.29, 1.82) is 0 Å². The molecule has 87 valence electrons. The Kier molecular flexibility index (Phi) is 2.88. The summed E-state index contributed by atoms with van der Waals surface area (Å²) in [5.74, 6) is -0.426. The molecule has 2 rings (SSSR count). The van der Waals surface area contributed by atoms with Gasteiger partial charge in [-0.25, -0.2) is 4.39 Å².